The molecule has 0 spiro atoms. The number of aryl methyl sites for hydroxylation is 1. The van der Waals surface area contributed by atoms with Gasteiger partial charge in [-0.3, -0.25) is 4.99 Å². The van der Waals surface area contributed by atoms with E-state index in [1.165, 1.54) is 15.8 Å². The topological polar surface area (TPSA) is 40.2 Å². The van der Waals surface area contributed by atoms with Crippen molar-refractivity contribution in [2.45, 2.75) is 18.7 Å². The predicted molar refractivity (Wildman–Crippen MR) is 111 cm³/mol. The Bertz CT molecular complexity index is 920. The lowest BCUT2D eigenvalue weighted by molar-refractivity contribution is 1.17. The zero-order valence-electron chi connectivity index (χ0n) is 14.9. The number of nitrogens with one attached hydrogen (secondary N) is 2. The number of fused-ring (bicyclic) bond motifs is 1. The van der Waals surface area contributed by atoms with Gasteiger partial charge in [-0.05, 0) is 62.1 Å². The first kappa shape index (κ1) is 17.4. The van der Waals surface area contributed by atoms with Gasteiger partial charge in [0.1, 0.15) is 0 Å². The number of aliphatic imine (C=N–C) groups is 1. The van der Waals surface area contributed by atoms with Gasteiger partial charge in [-0.2, -0.15) is 0 Å². The van der Waals surface area contributed by atoms with Crippen LogP contribution in [0.1, 0.15) is 18.2 Å². The third-order valence-electron chi connectivity index (χ3n) is 4.18. The molecule has 2 N–H and O–H groups in total. The molecule has 0 amide bonds. The Morgan fingerprint density at radius 1 is 1.20 bits per heavy atom. The first-order valence-corrected chi connectivity index (χ1v) is 9.49. The molecule has 3 aromatic rings. The van der Waals surface area contributed by atoms with E-state index in [2.05, 4.69) is 83.6 Å². The molecule has 0 radical (unpaired) electrons. The first-order valence-electron chi connectivity index (χ1n) is 8.26. The molecular formula is C21H23N3S. The summed E-state index contributed by atoms with van der Waals surface area (Å²) in [6.45, 7) is 8.83. The molecule has 2 aromatic carbocycles. The molecule has 1 aromatic heterocycles. The number of thioether (sulfide) groups is 1. The second-order valence-electron chi connectivity index (χ2n) is 6.06. The summed E-state index contributed by atoms with van der Waals surface area (Å²) in [5, 5.41) is 4.60. The van der Waals surface area contributed by atoms with Crippen LogP contribution in [-0.4, -0.2) is 23.5 Å². The molecule has 25 heavy (non-hydrogen) atoms. The van der Waals surface area contributed by atoms with Gasteiger partial charge < -0.3 is 10.3 Å². The standard InChI is InChI=1S/C21H23N3S/c1-14-6-5-7-20-19(14)12-21(24-20)16(3)23-15(2)13-22-17-8-10-18(25-4)11-9-17/h5-12,22,24H,2,13H2,1,3-4H3. The highest BCUT2D eigenvalue weighted by Crippen LogP contribution is 2.20. The van der Waals surface area contributed by atoms with Crippen molar-refractivity contribution in [2.24, 2.45) is 4.99 Å². The van der Waals surface area contributed by atoms with Gasteiger partial charge in [0.25, 0.3) is 0 Å². The third kappa shape index (κ3) is 4.15. The lowest BCUT2D eigenvalue weighted by atomic mass is 10.1. The fourth-order valence-corrected chi connectivity index (χ4v) is 3.16. The number of hydrogen-bond donors (Lipinski definition) is 2. The van der Waals surface area contributed by atoms with Gasteiger partial charge in [0, 0.05) is 21.5 Å². The molecule has 4 heteroatoms. The molecule has 0 saturated carbocycles. The predicted octanol–water partition coefficient (Wildman–Crippen LogP) is 5.63. The van der Waals surface area contributed by atoms with Crippen molar-refractivity contribution in [3.63, 3.8) is 0 Å². The van der Waals surface area contributed by atoms with Crippen molar-refractivity contribution in [3.8, 4) is 0 Å². The Kier molecular flexibility index (Phi) is 5.29. The van der Waals surface area contributed by atoms with E-state index in [4.69, 9.17) is 0 Å². The number of anilines is 1. The van der Waals surface area contributed by atoms with Crippen LogP contribution in [0.15, 0.2) is 70.7 Å². The van der Waals surface area contributed by atoms with E-state index in [0.717, 1.165) is 28.3 Å². The Hall–Kier alpha value is -2.46. The summed E-state index contributed by atoms with van der Waals surface area (Å²) in [6, 6.07) is 16.8. The second kappa shape index (κ2) is 7.62. The molecule has 0 aliphatic rings. The summed E-state index contributed by atoms with van der Waals surface area (Å²) in [6.07, 6.45) is 2.08. The normalized spacial score (nSPS) is 11.7. The van der Waals surface area contributed by atoms with E-state index in [1.807, 2.05) is 6.92 Å². The number of nitrogens with zero attached hydrogens (tertiary/aromatic N) is 1. The summed E-state index contributed by atoms with van der Waals surface area (Å²) >= 11 is 1.74. The summed E-state index contributed by atoms with van der Waals surface area (Å²) in [5.74, 6) is 0. The first-order chi connectivity index (χ1) is 12.1. The van der Waals surface area contributed by atoms with Crippen molar-refractivity contribution < 1.29 is 0 Å². The second-order valence-corrected chi connectivity index (χ2v) is 6.94. The van der Waals surface area contributed by atoms with Gasteiger partial charge in [0.2, 0.25) is 0 Å². The minimum Gasteiger partial charge on any atom is -0.379 e. The smallest absolute Gasteiger partial charge is 0.0611 e. The van der Waals surface area contributed by atoms with Crippen LogP contribution in [0.25, 0.3) is 10.9 Å². The Morgan fingerprint density at radius 3 is 2.64 bits per heavy atom. The highest BCUT2D eigenvalue weighted by Gasteiger charge is 2.06. The third-order valence-corrected chi connectivity index (χ3v) is 4.93. The van der Waals surface area contributed by atoms with Crippen LogP contribution in [0, 0.1) is 6.92 Å². The number of aromatic amines is 1. The van der Waals surface area contributed by atoms with Gasteiger partial charge in [-0.1, -0.05) is 18.7 Å². The van der Waals surface area contributed by atoms with Crippen molar-refractivity contribution in [1.29, 1.82) is 0 Å². The molecule has 0 aliphatic heterocycles. The van der Waals surface area contributed by atoms with Crippen LogP contribution in [0.3, 0.4) is 0 Å². The maximum atomic E-state index is 4.65. The van der Waals surface area contributed by atoms with E-state index in [0.29, 0.717) is 6.54 Å². The van der Waals surface area contributed by atoms with Gasteiger partial charge in [-0.15, -0.1) is 11.8 Å². The average Bonchev–Trinajstić information content (AvgIpc) is 3.06. The number of benzene rings is 2. The van der Waals surface area contributed by atoms with E-state index in [1.54, 1.807) is 11.8 Å². The maximum absolute atomic E-state index is 4.65. The summed E-state index contributed by atoms with van der Waals surface area (Å²) < 4.78 is 0. The fourth-order valence-electron chi connectivity index (χ4n) is 2.75. The number of H-pyrrole nitrogens is 1. The van der Waals surface area contributed by atoms with Crippen LogP contribution >= 0.6 is 11.8 Å². The van der Waals surface area contributed by atoms with Gasteiger partial charge in [0.15, 0.2) is 0 Å². The number of rotatable bonds is 6. The molecule has 0 atom stereocenters. The molecule has 0 aliphatic carbocycles. The van der Waals surface area contributed by atoms with Crippen LogP contribution in [0.4, 0.5) is 5.69 Å². The molecule has 0 saturated heterocycles. The fraction of sp³-hybridized carbons (Fsp3) is 0.190. The molecule has 0 fully saturated rings. The van der Waals surface area contributed by atoms with Crippen molar-refractivity contribution in [3.05, 3.63) is 72.1 Å². The summed E-state index contributed by atoms with van der Waals surface area (Å²) in [5.41, 5.74) is 6.27. The molecule has 0 unspecified atom stereocenters. The van der Waals surface area contributed by atoms with Gasteiger partial charge >= 0.3 is 0 Å². The zero-order valence-corrected chi connectivity index (χ0v) is 15.7. The van der Waals surface area contributed by atoms with E-state index >= 15 is 0 Å². The summed E-state index contributed by atoms with van der Waals surface area (Å²) in [4.78, 5) is 9.34. The summed E-state index contributed by atoms with van der Waals surface area (Å²) in [7, 11) is 0. The van der Waals surface area contributed by atoms with Crippen molar-refractivity contribution in [1.82, 2.24) is 4.98 Å². The highest BCUT2D eigenvalue weighted by molar-refractivity contribution is 7.98. The van der Waals surface area contributed by atoms with Gasteiger partial charge in [-0.25, -0.2) is 0 Å². The minimum atomic E-state index is 0.620. The molecular weight excluding hydrogens is 326 g/mol. The van der Waals surface area contributed by atoms with Crippen LogP contribution in [0.2, 0.25) is 0 Å². The van der Waals surface area contributed by atoms with Gasteiger partial charge in [0.05, 0.1) is 23.6 Å². The lowest BCUT2D eigenvalue weighted by Gasteiger charge is -2.07. The van der Waals surface area contributed by atoms with E-state index in [-0.39, 0.29) is 0 Å². The van der Waals surface area contributed by atoms with Crippen LogP contribution < -0.4 is 5.32 Å². The number of hydrogen-bond acceptors (Lipinski definition) is 3. The Balaban J connectivity index is 1.67. The van der Waals surface area contributed by atoms with Crippen LogP contribution in [0.5, 0.6) is 0 Å². The molecule has 3 rings (SSSR count). The lowest BCUT2D eigenvalue weighted by Crippen LogP contribution is -2.05. The molecule has 1 heterocycles. The average molecular weight is 350 g/mol. The maximum Gasteiger partial charge on any atom is 0.0611 e. The Morgan fingerprint density at radius 2 is 1.96 bits per heavy atom. The largest absolute Gasteiger partial charge is 0.379 e. The van der Waals surface area contributed by atoms with E-state index in [9.17, 15) is 0 Å². The highest BCUT2D eigenvalue weighted by atomic mass is 32.2. The molecule has 3 nitrogen and oxygen atoms in total. The monoisotopic (exact) mass is 349 g/mol. The molecule has 0 bridgehead atoms. The SMILES string of the molecule is C=C(CNc1ccc(SC)cc1)N=C(C)c1cc2c(C)cccc2[nH]1. The van der Waals surface area contributed by atoms with Crippen LogP contribution in [-0.2, 0) is 0 Å². The Labute approximate surface area is 153 Å². The zero-order chi connectivity index (χ0) is 17.8. The van der Waals surface area contributed by atoms with Crippen molar-refractivity contribution in [2.75, 3.05) is 18.1 Å². The molecule has 128 valence electrons. The minimum absolute atomic E-state index is 0.620. The van der Waals surface area contributed by atoms with Crippen molar-refractivity contribution >= 4 is 34.1 Å². The quantitative estimate of drug-likeness (QED) is 0.447. The van der Waals surface area contributed by atoms with E-state index < -0.39 is 0 Å². The number of aromatic nitrogens is 1.